The second-order valence-corrected chi connectivity index (χ2v) is 6.14. The van der Waals surface area contributed by atoms with Crippen LogP contribution in [0.25, 0.3) is 6.08 Å². The molecule has 0 aliphatic heterocycles. The maximum Gasteiger partial charge on any atom is 0.266 e. The fourth-order valence-corrected chi connectivity index (χ4v) is 2.72. The molecule has 0 aliphatic carbocycles. The molecule has 0 aromatic heterocycles. The minimum atomic E-state index is -0.490. The number of benzene rings is 3. The van der Waals surface area contributed by atoms with Crippen LogP contribution in [-0.4, -0.2) is 13.0 Å². The fourth-order valence-electron chi connectivity index (χ4n) is 2.72. The monoisotopic (exact) mass is 384 g/mol. The average Bonchev–Trinajstić information content (AvgIpc) is 2.77. The summed E-state index contributed by atoms with van der Waals surface area (Å²) in [7, 11) is 1.55. The van der Waals surface area contributed by atoms with Crippen LogP contribution in [0.5, 0.6) is 11.5 Å². The summed E-state index contributed by atoms with van der Waals surface area (Å²) in [5.74, 6) is 0.505. The van der Waals surface area contributed by atoms with Crippen molar-refractivity contribution in [1.29, 1.82) is 5.26 Å². The standard InChI is InChI=1S/C24H20N2O3/c1-28-22-14-8-11-19(23(22)29-17-18-9-4-2-5-10-18)15-20(16-25)24(27)26-21-12-6-3-7-13-21/h2-15H,17H2,1H3,(H,26,27)/b20-15+. The van der Waals surface area contributed by atoms with Gasteiger partial charge in [0.25, 0.3) is 5.91 Å². The Hall–Kier alpha value is -4.04. The molecular formula is C24H20N2O3. The molecular weight excluding hydrogens is 364 g/mol. The number of rotatable bonds is 7. The molecule has 3 aromatic rings. The lowest BCUT2D eigenvalue weighted by atomic mass is 10.1. The molecule has 0 heterocycles. The Bertz CT molecular complexity index is 1040. The number of anilines is 1. The van der Waals surface area contributed by atoms with E-state index in [9.17, 15) is 10.1 Å². The van der Waals surface area contributed by atoms with Crippen LogP contribution in [-0.2, 0) is 11.4 Å². The van der Waals surface area contributed by atoms with Crippen molar-refractivity contribution in [3.63, 3.8) is 0 Å². The first kappa shape index (κ1) is 19.7. The summed E-state index contributed by atoms with van der Waals surface area (Å²) in [4.78, 5) is 12.5. The van der Waals surface area contributed by atoms with Crippen molar-refractivity contribution in [1.82, 2.24) is 0 Å². The van der Waals surface area contributed by atoms with E-state index in [0.717, 1.165) is 5.56 Å². The normalized spacial score (nSPS) is 10.7. The zero-order valence-corrected chi connectivity index (χ0v) is 16.0. The molecule has 144 valence electrons. The summed E-state index contributed by atoms with van der Waals surface area (Å²) in [6.07, 6.45) is 1.50. The number of methoxy groups -OCH3 is 1. The van der Waals surface area contributed by atoms with Crippen LogP contribution in [0.4, 0.5) is 5.69 Å². The van der Waals surface area contributed by atoms with Crippen molar-refractivity contribution in [3.8, 4) is 17.6 Å². The molecule has 0 bridgehead atoms. The highest BCUT2D eigenvalue weighted by molar-refractivity contribution is 6.09. The number of hydrogen-bond acceptors (Lipinski definition) is 4. The van der Waals surface area contributed by atoms with Gasteiger partial charge in [-0.25, -0.2) is 0 Å². The second kappa shape index (κ2) is 9.77. The number of ether oxygens (including phenoxy) is 2. The summed E-state index contributed by atoms with van der Waals surface area (Å²) in [5, 5.41) is 12.2. The van der Waals surface area contributed by atoms with Gasteiger partial charge in [-0.05, 0) is 29.8 Å². The molecule has 0 unspecified atom stereocenters. The topological polar surface area (TPSA) is 71.3 Å². The lowest BCUT2D eigenvalue weighted by molar-refractivity contribution is -0.112. The number of nitrogens with zero attached hydrogens (tertiary/aromatic N) is 1. The van der Waals surface area contributed by atoms with Crippen LogP contribution in [0.1, 0.15) is 11.1 Å². The predicted octanol–water partition coefficient (Wildman–Crippen LogP) is 4.82. The van der Waals surface area contributed by atoms with Gasteiger partial charge in [0.1, 0.15) is 18.2 Å². The number of para-hydroxylation sites is 2. The van der Waals surface area contributed by atoms with Gasteiger partial charge < -0.3 is 14.8 Å². The molecule has 0 fully saturated rings. The van der Waals surface area contributed by atoms with Crippen LogP contribution >= 0.6 is 0 Å². The van der Waals surface area contributed by atoms with Gasteiger partial charge in [-0.15, -0.1) is 0 Å². The van der Waals surface area contributed by atoms with Gasteiger partial charge in [0.2, 0.25) is 0 Å². The number of amides is 1. The summed E-state index contributed by atoms with van der Waals surface area (Å²) in [6.45, 7) is 0.333. The van der Waals surface area contributed by atoms with Gasteiger partial charge in [0.15, 0.2) is 11.5 Å². The molecule has 0 aliphatic rings. The smallest absolute Gasteiger partial charge is 0.266 e. The third-order valence-electron chi connectivity index (χ3n) is 4.15. The van der Waals surface area contributed by atoms with E-state index in [4.69, 9.17) is 9.47 Å². The molecule has 1 N–H and O–H groups in total. The molecule has 3 rings (SSSR count). The minimum Gasteiger partial charge on any atom is -0.493 e. The number of hydrogen-bond donors (Lipinski definition) is 1. The summed E-state index contributed by atoms with van der Waals surface area (Å²) >= 11 is 0. The lowest BCUT2D eigenvalue weighted by Gasteiger charge is -2.14. The molecule has 5 heteroatoms. The lowest BCUT2D eigenvalue weighted by Crippen LogP contribution is -2.13. The van der Waals surface area contributed by atoms with Crippen molar-refractivity contribution < 1.29 is 14.3 Å². The quantitative estimate of drug-likeness (QED) is 0.468. The molecule has 0 atom stereocenters. The van der Waals surface area contributed by atoms with Crippen LogP contribution < -0.4 is 14.8 Å². The maximum atomic E-state index is 12.5. The highest BCUT2D eigenvalue weighted by Gasteiger charge is 2.14. The predicted molar refractivity (Wildman–Crippen MR) is 112 cm³/mol. The SMILES string of the molecule is COc1cccc(/C=C(\C#N)C(=O)Nc2ccccc2)c1OCc1ccccc1. The van der Waals surface area contributed by atoms with Gasteiger partial charge in [-0.2, -0.15) is 5.26 Å². The molecule has 0 saturated heterocycles. The molecule has 0 radical (unpaired) electrons. The Morgan fingerprint density at radius 3 is 2.34 bits per heavy atom. The van der Waals surface area contributed by atoms with Crippen molar-refractivity contribution in [2.24, 2.45) is 0 Å². The first-order valence-electron chi connectivity index (χ1n) is 9.03. The van der Waals surface area contributed by atoms with E-state index in [-0.39, 0.29) is 5.57 Å². The second-order valence-electron chi connectivity index (χ2n) is 6.14. The third kappa shape index (κ3) is 5.24. The summed E-state index contributed by atoms with van der Waals surface area (Å²) in [5.41, 5.74) is 2.16. The van der Waals surface area contributed by atoms with E-state index >= 15 is 0 Å². The van der Waals surface area contributed by atoms with Gasteiger partial charge in [-0.1, -0.05) is 60.7 Å². The van der Waals surface area contributed by atoms with Crippen LogP contribution in [0.3, 0.4) is 0 Å². The molecule has 0 spiro atoms. The first-order chi connectivity index (χ1) is 14.2. The molecule has 29 heavy (non-hydrogen) atoms. The van der Waals surface area contributed by atoms with E-state index in [1.165, 1.54) is 6.08 Å². The number of carbonyl (C=O) groups is 1. The van der Waals surface area contributed by atoms with Gasteiger partial charge in [0.05, 0.1) is 7.11 Å². The van der Waals surface area contributed by atoms with Crippen molar-refractivity contribution in [3.05, 3.63) is 95.6 Å². The largest absolute Gasteiger partial charge is 0.493 e. The average molecular weight is 384 g/mol. The zero-order chi connectivity index (χ0) is 20.5. The molecule has 1 amide bonds. The molecule has 5 nitrogen and oxygen atoms in total. The Labute approximate surface area is 169 Å². The zero-order valence-electron chi connectivity index (χ0n) is 16.0. The van der Waals surface area contributed by atoms with Crippen LogP contribution in [0.15, 0.2) is 84.4 Å². The van der Waals surface area contributed by atoms with E-state index in [1.54, 1.807) is 37.4 Å². The summed E-state index contributed by atoms with van der Waals surface area (Å²) < 4.78 is 11.4. The van der Waals surface area contributed by atoms with E-state index in [2.05, 4.69) is 5.32 Å². The molecule has 3 aromatic carbocycles. The minimum absolute atomic E-state index is 0.0355. The highest BCUT2D eigenvalue weighted by Crippen LogP contribution is 2.33. The van der Waals surface area contributed by atoms with E-state index < -0.39 is 5.91 Å². The maximum absolute atomic E-state index is 12.5. The first-order valence-corrected chi connectivity index (χ1v) is 9.03. The Balaban J connectivity index is 1.87. The number of nitriles is 1. The van der Waals surface area contributed by atoms with Gasteiger partial charge >= 0.3 is 0 Å². The molecule has 0 saturated carbocycles. The third-order valence-corrected chi connectivity index (χ3v) is 4.15. The number of carbonyl (C=O) groups excluding carboxylic acids is 1. The van der Waals surface area contributed by atoms with Gasteiger partial charge in [0, 0.05) is 11.3 Å². The number of nitrogens with one attached hydrogen (secondary N) is 1. The van der Waals surface area contributed by atoms with Crippen LogP contribution in [0.2, 0.25) is 0 Å². The fraction of sp³-hybridized carbons (Fsp3) is 0.0833. The van der Waals surface area contributed by atoms with E-state index in [0.29, 0.717) is 29.4 Å². The van der Waals surface area contributed by atoms with Crippen molar-refractivity contribution in [2.45, 2.75) is 6.61 Å². The summed E-state index contributed by atoms with van der Waals surface area (Å²) in [6, 6.07) is 26.0. The Morgan fingerprint density at radius 2 is 1.69 bits per heavy atom. The van der Waals surface area contributed by atoms with E-state index in [1.807, 2.05) is 54.6 Å². The van der Waals surface area contributed by atoms with Crippen molar-refractivity contribution in [2.75, 3.05) is 12.4 Å². The Morgan fingerprint density at radius 1 is 1.00 bits per heavy atom. The van der Waals surface area contributed by atoms with Gasteiger partial charge in [-0.3, -0.25) is 4.79 Å². The van der Waals surface area contributed by atoms with Crippen LogP contribution in [0, 0.1) is 11.3 Å². The highest BCUT2D eigenvalue weighted by atomic mass is 16.5. The van der Waals surface area contributed by atoms with Crippen molar-refractivity contribution >= 4 is 17.7 Å². The Kier molecular flexibility index (Phi) is 6.64.